The van der Waals surface area contributed by atoms with Gasteiger partial charge >= 0.3 is 0 Å². The summed E-state index contributed by atoms with van der Waals surface area (Å²) in [6.45, 7) is 9.24. The van der Waals surface area contributed by atoms with E-state index in [-0.39, 0.29) is 22.3 Å². The molecule has 0 aliphatic heterocycles. The van der Waals surface area contributed by atoms with E-state index < -0.39 is 10.0 Å². The summed E-state index contributed by atoms with van der Waals surface area (Å²) in [4.78, 5) is 0.278. The van der Waals surface area contributed by atoms with Crippen molar-refractivity contribution in [2.75, 3.05) is 13.2 Å². The Hall–Kier alpha value is -0.910. The van der Waals surface area contributed by atoms with Crippen LogP contribution in [0.5, 0.6) is 0 Å². The minimum absolute atomic E-state index is 0.0657. The highest BCUT2D eigenvalue weighted by Gasteiger charge is 2.64. The predicted molar refractivity (Wildman–Crippen MR) is 83.5 cm³/mol. The van der Waals surface area contributed by atoms with Crippen LogP contribution in [0.4, 0.5) is 0 Å². The number of aliphatic hydroxyl groups excluding tert-OH is 1. The van der Waals surface area contributed by atoms with Gasteiger partial charge in [0.25, 0.3) is 0 Å². The summed E-state index contributed by atoms with van der Waals surface area (Å²) in [5, 5.41) is 8.87. The van der Waals surface area contributed by atoms with Gasteiger partial charge in [-0.2, -0.15) is 0 Å². The molecule has 118 valence electrons. The highest BCUT2D eigenvalue weighted by atomic mass is 32.2. The fourth-order valence-electron chi connectivity index (χ4n) is 3.08. The van der Waals surface area contributed by atoms with Crippen molar-refractivity contribution in [1.29, 1.82) is 0 Å². The van der Waals surface area contributed by atoms with Crippen LogP contribution in [-0.4, -0.2) is 26.7 Å². The number of hydrogen-bond acceptors (Lipinski definition) is 3. The molecule has 1 aromatic carbocycles. The Bertz CT molecular complexity index is 589. The normalized spacial score (nSPS) is 20.4. The molecule has 0 unspecified atom stereocenters. The minimum Gasteiger partial charge on any atom is -0.396 e. The molecule has 2 rings (SSSR count). The van der Waals surface area contributed by atoms with Crippen molar-refractivity contribution >= 4 is 10.0 Å². The lowest BCUT2D eigenvalue weighted by Gasteiger charge is -2.08. The highest BCUT2D eigenvalue weighted by molar-refractivity contribution is 7.89. The molecule has 1 aliphatic carbocycles. The summed E-state index contributed by atoms with van der Waals surface area (Å²) in [7, 11) is -3.46. The number of nitrogens with one attached hydrogen (secondary N) is 1. The topological polar surface area (TPSA) is 66.4 Å². The fourth-order valence-corrected chi connectivity index (χ4v) is 4.13. The Morgan fingerprint density at radius 1 is 1.10 bits per heavy atom. The van der Waals surface area contributed by atoms with Gasteiger partial charge in [0.15, 0.2) is 0 Å². The first-order valence-corrected chi connectivity index (χ1v) is 8.81. The van der Waals surface area contributed by atoms with Crippen molar-refractivity contribution in [2.45, 2.75) is 39.0 Å². The average Bonchev–Trinajstić information content (AvgIpc) is 2.78. The monoisotopic (exact) mass is 311 g/mol. The SMILES string of the molecule is CC1(C)C(CNS(=O)(=O)c2ccc(CCO)cc2)C1(C)C. The smallest absolute Gasteiger partial charge is 0.240 e. The van der Waals surface area contributed by atoms with Gasteiger partial charge in [-0.05, 0) is 40.9 Å². The van der Waals surface area contributed by atoms with Crippen molar-refractivity contribution in [2.24, 2.45) is 16.7 Å². The van der Waals surface area contributed by atoms with Gasteiger partial charge in [0, 0.05) is 13.2 Å². The van der Waals surface area contributed by atoms with Crippen LogP contribution in [-0.2, 0) is 16.4 Å². The molecule has 0 aromatic heterocycles. The third-order valence-electron chi connectivity index (χ3n) is 5.43. The molecule has 1 saturated carbocycles. The van der Waals surface area contributed by atoms with Crippen LogP contribution in [0, 0.1) is 16.7 Å². The summed E-state index contributed by atoms with van der Waals surface area (Å²) in [5.41, 5.74) is 1.27. The van der Waals surface area contributed by atoms with Crippen molar-refractivity contribution in [3.05, 3.63) is 29.8 Å². The molecule has 0 heterocycles. The zero-order valence-corrected chi connectivity index (χ0v) is 14.0. The van der Waals surface area contributed by atoms with E-state index in [1.807, 2.05) is 0 Å². The maximum absolute atomic E-state index is 12.3. The summed E-state index contributed by atoms with van der Waals surface area (Å²) >= 11 is 0. The van der Waals surface area contributed by atoms with Gasteiger partial charge in [-0.15, -0.1) is 0 Å². The first-order chi connectivity index (χ1) is 9.63. The Morgan fingerprint density at radius 2 is 1.62 bits per heavy atom. The number of benzene rings is 1. The molecule has 1 fully saturated rings. The molecule has 0 bridgehead atoms. The summed E-state index contributed by atoms with van der Waals surface area (Å²) in [6, 6.07) is 6.68. The molecular weight excluding hydrogens is 286 g/mol. The van der Waals surface area contributed by atoms with Crippen LogP contribution in [0.3, 0.4) is 0 Å². The van der Waals surface area contributed by atoms with Gasteiger partial charge in [-0.3, -0.25) is 0 Å². The highest BCUT2D eigenvalue weighted by Crippen LogP contribution is 2.67. The molecule has 21 heavy (non-hydrogen) atoms. The average molecular weight is 311 g/mol. The Kier molecular flexibility index (Phi) is 4.21. The molecule has 0 spiro atoms. The summed E-state index contributed by atoms with van der Waals surface area (Å²) < 4.78 is 27.3. The van der Waals surface area contributed by atoms with Crippen LogP contribution in [0.15, 0.2) is 29.2 Å². The molecule has 0 atom stereocenters. The van der Waals surface area contributed by atoms with Crippen molar-refractivity contribution in [3.8, 4) is 0 Å². The van der Waals surface area contributed by atoms with Gasteiger partial charge < -0.3 is 5.11 Å². The Morgan fingerprint density at radius 3 is 2.05 bits per heavy atom. The number of rotatable bonds is 6. The van der Waals surface area contributed by atoms with Gasteiger partial charge in [0.1, 0.15) is 0 Å². The summed E-state index contributed by atoms with van der Waals surface area (Å²) in [6.07, 6.45) is 0.540. The van der Waals surface area contributed by atoms with Crippen LogP contribution in [0.25, 0.3) is 0 Å². The van der Waals surface area contributed by atoms with Gasteiger partial charge in [0.2, 0.25) is 10.0 Å². The van der Waals surface area contributed by atoms with Crippen molar-refractivity contribution in [3.63, 3.8) is 0 Å². The molecule has 0 radical (unpaired) electrons. The van der Waals surface area contributed by atoms with E-state index in [0.717, 1.165) is 5.56 Å². The summed E-state index contributed by atoms with van der Waals surface area (Å²) in [5.74, 6) is 0.355. The predicted octanol–water partition coefficient (Wildman–Crippen LogP) is 2.18. The van der Waals surface area contributed by atoms with Crippen LogP contribution >= 0.6 is 0 Å². The van der Waals surface area contributed by atoms with Gasteiger partial charge in [-0.25, -0.2) is 13.1 Å². The Balaban J connectivity index is 2.03. The van der Waals surface area contributed by atoms with Crippen molar-refractivity contribution in [1.82, 2.24) is 4.72 Å². The number of sulfonamides is 1. The third-order valence-corrected chi connectivity index (χ3v) is 6.87. The molecule has 0 amide bonds. The second-order valence-electron chi connectivity index (χ2n) is 6.97. The second kappa shape index (κ2) is 5.38. The Labute approximate surface area is 127 Å². The molecular formula is C16H25NO3S. The zero-order valence-electron chi connectivity index (χ0n) is 13.2. The van der Waals surface area contributed by atoms with E-state index in [1.54, 1.807) is 24.3 Å². The maximum atomic E-state index is 12.3. The van der Waals surface area contributed by atoms with E-state index in [9.17, 15) is 8.42 Å². The lowest BCUT2D eigenvalue weighted by atomic mass is 10.0. The van der Waals surface area contributed by atoms with E-state index in [2.05, 4.69) is 32.4 Å². The van der Waals surface area contributed by atoms with E-state index >= 15 is 0 Å². The zero-order chi connectivity index (χ0) is 15.9. The first kappa shape index (κ1) is 16.5. The molecule has 5 heteroatoms. The van der Waals surface area contributed by atoms with Crippen LogP contribution in [0.2, 0.25) is 0 Å². The van der Waals surface area contributed by atoms with E-state index in [4.69, 9.17) is 5.11 Å². The van der Waals surface area contributed by atoms with Crippen LogP contribution < -0.4 is 4.72 Å². The fraction of sp³-hybridized carbons (Fsp3) is 0.625. The van der Waals surface area contributed by atoms with Crippen molar-refractivity contribution < 1.29 is 13.5 Å². The molecule has 0 saturated heterocycles. The lowest BCUT2D eigenvalue weighted by Crippen LogP contribution is -2.27. The lowest BCUT2D eigenvalue weighted by molar-refractivity contribution is 0.299. The third kappa shape index (κ3) is 3.00. The van der Waals surface area contributed by atoms with Crippen LogP contribution in [0.1, 0.15) is 33.3 Å². The first-order valence-electron chi connectivity index (χ1n) is 7.32. The minimum atomic E-state index is -3.46. The molecule has 1 aliphatic rings. The standard InChI is InChI=1S/C16H25NO3S/c1-15(2)14(16(15,3)4)11-17-21(19,20)13-7-5-12(6-8-13)9-10-18/h5-8,14,17-18H,9-11H2,1-4H3. The molecule has 1 aromatic rings. The maximum Gasteiger partial charge on any atom is 0.240 e. The largest absolute Gasteiger partial charge is 0.396 e. The van der Waals surface area contributed by atoms with Gasteiger partial charge in [0.05, 0.1) is 4.90 Å². The number of aliphatic hydroxyl groups is 1. The molecule has 4 nitrogen and oxygen atoms in total. The second-order valence-corrected chi connectivity index (χ2v) is 8.73. The molecule has 2 N–H and O–H groups in total. The van der Waals surface area contributed by atoms with E-state index in [1.165, 1.54) is 0 Å². The quantitative estimate of drug-likeness (QED) is 0.846. The van der Waals surface area contributed by atoms with Gasteiger partial charge in [-0.1, -0.05) is 39.8 Å². The van der Waals surface area contributed by atoms with E-state index in [0.29, 0.717) is 18.9 Å². The number of hydrogen-bond donors (Lipinski definition) is 2.